The van der Waals surface area contributed by atoms with Crippen LogP contribution in [0.15, 0.2) is 5.18 Å². The molecule has 0 radical (unpaired) electrons. The van der Waals surface area contributed by atoms with Crippen molar-refractivity contribution in [2.45, 2.75) is 12.8 Å². The van der Waals surface area contributed by atoms with Gasteiger partial charge in [0.1, 0.15) is 6.54 Å². The van der Waals surface area contributed by atoms with Crippen molar-refractivity contribution < 1.29 is 14.7 Å². The number of nitrogens with zero attached hydrogens (tertiary/aromatic N) is 1. The average molecular weight is 145 g/mol. The zero-order chi connectivity index (χ0) is 7.98. The van der Waals surface area contributed by atoms with E-state index < -0.39 is 18.3 Å². The molecule has 5 nitrogen and oxygen atoms in total. The van der Waals surface area contributed by atoms with E-state index in [2.05, 4.69) is 5.18 Å². The van der Waals surface area contributed by atoms with Gasteiger partial charge in [0.25, 0.3) is 0 Å². The molecule has 0 saturated heterocycles. The van der Waals surface area contributed by atoms with E-state index in [-0.39, 0.29) is 12.8 Å². The number of carboxylic acid groups (broad SMARTS) is 1. The van der Waals surface area contributed by atoms with E-state index in [4.69, 9.17) is 5.11 Å². The maximum Gasteiger partial charge on any atom is 0.303 e. The SMILES string of the molecule is O=NCC(=O)CCC(=O)O. The average Bonchev–Trinajstić information content (AvgIpc) is 1.85. The number of hydrogen-bond donors (Lipinski definition) is 1. The lowest BCUT2D eigenvalue weighted by Gasteiger charge is -1.89. The molecule has 0 aromatic carbocycles. The molecule has 0 unspecified atom stereocenters. The molecule has 0 saturated carbocycles. The highest BCUT2D eigenvalue weighted by molar-refractivity contribution is 5.83. The van der Waals surface area contributed by atoms with Crippen LogP contribution in [0, 0.1) is 4.91 Å². The Bertz CT molecular complexity index is 154. The summed E-state index contributed by atoms with van der Waals surface area (Å²) in [7, 11) is 0. The smallest absolute Gasteiger partial charge is 0.303 e. The number of carboxylic acids is 1. The van der Waals surface area contributed by atoms with E-state index >= 15 is 0 Å². The van der Waals surface area contributed by atoms with Crippen molar-refractivity contribution in [2.24, 2.45) is 5.18 Å². The number of aliphatic carboxylic acids is 1. The molecule has 0 rings (SSSR count). The molecule has 0 aliphatic carbocycles. The van der Waals surface area contributed by atoms with Crippen molar-refractivity contribution >= 4 is 11.8 Å². The molecule has 0 heterocycles. The van der Waals surface area contributed by atoms with Crippen LogP contribution in [0.3, 0.4) is 0 Å². The lowest BCUT2D eigenvalue weighted by Crippen LogP contribution is -2.05. The molecule has 0 aliphatic rings. The Morgan fingerprint density at radius 3 is 2.30 bits per heavy atom. The largest absolute Gasteiger partial charge is 0.481 e. The van der Waals surface area contributed by atoms with E-state index in [1.165, 1.54) is 0 Å². The minimum Gasteiger partial charge on any atom is -0.481 e. The number of rotatable bonds is 5. The fourth-order valence-electron chi connectivity index (χ4n) is 0.397. The molecule has 0 aromatic heterocycles. The third kappa shape index (κ3) is 4.89. The van der Waals surface area contributed by atoms with Gasteiger partial charge in [0.05, 0.1) is 6.42 Å². The summed E-state index contributed by atoms with van der Waals surface area (Å²) in [5.74, 6) is -1.48. The predicted octanol–water partition coefficient (Wildman–Crippen LogP) is 0.187. The molecule has 0 bridgehead atoms. The van der Waals surface area contributed by atoms with E-state index in [9.17, 15) is 14.5 Å². The van der Waals surface area contributed by atoms with Gasteiger partial charge in [-0.2, -0.15) is 4.91 Å². The number of carbonyl (C=O) groups excluding carboxylic acids is 1. The lowest BCUT2D eigenvalue weighted by atomic mass is 10.2. The van der Waals surface area contributed by atoms with Gasteiger partial charge in [0.15, 0.2) is 5.78 Å². The molecule has 0 aromatic rings. The van der Waals surface area contributed by atoms with E-state index in [0.717, 1.165) is 0 Å². The van der Waals surface area contributed by atoms with Crippen LogP contribution in [0.1, 0.15) is 12.8 Å². The summed E-state index contributed by atoms with van der Waals surface area (Å²) in [5.41, 5.74) is 0. The fourth-order valence-corrected chi connectivity index (χ4v) is 0.397. The van der Waals surface area contributed by atoms with Gasteiger partial charge < -0.3 is 5.11 Å². The third-order valence-electron chi connectivity index (χ3n) is 0.859. The van der Waals surface area contributed by atoms with Gasteiger partial charge >= 0.3 is 5.97 Å². The summed E-state index contributed by atoms with van der Waals surface area (Å²) in [6.07, 6.45) is -0.338. The molecule has 0 spiro atoms. The van der Waals surface area contributed by atoms with Crippen molar-refractivity contribution in [1.82, 2.24) is 0 Å². The normalized spacial score (nSPS) is 8.80. The minimum atomic E-state index is -1.04. The minimum absolute atomic E-state index is 0.110. The summed E-state index contributed by atoms with van der Waals surface area (Å²) in [6, 6.07) is 0. The van der Waals surface area contributed by atoms with Gasteiger partial charge in [-0.15, -0.1) is 0 Å². The van der Waals surface area contributed by atoms with Crippen LogP contribution < -0.4 is 0 Å². The summed E-state index contributed by atoms with van der Waals surface area (Å²) >= 11 is 0. The first-order chi connectivity index (χ1) is 4.66. The van der Waals surface area contributed by atoms with Crippen LogP contribution in [-0.2, 0) is 9.59 Å². The van der Waals surface area contributed by atoms with Gasteiger partial charge in [-0.3, -0.25) is 9.59 Å². The Kier molecular flexibility index (Phi) is 4.02. The van der Waals surface area contributed by atoms with E-state index in [1.807, 2.05) is 0 Å². The van der Waals surface area contributed by atoms with Crippen LogP contribution >= 0.6 is 0 Å². The van der Waals surface area contributed by atoms with Crippen LogP contribution in [0.2, 0.25) is 0 Å². The standard InChI is InChI=1S/C5H7NO4/c7-4(3-6-10)1-2-5(8)9/h1-3H2,(H,8,9). The zero-order valence-electron chi connectivity index (χ0n) is 5.24. The van der Waals surface area contributed by atoms with Gasteiger partial charge in [-0.05, 0) is 0 Å². The highest BCUT2D eigenvalue weighted by Crippen LogP contribution is 1.90. The van der Waals surface area contributed by atoms with Gasteiger partial charge in [0.2, 0.25) is 0 Å². The Balaban J connectivity index is 3.39. The molecule has 0 fully saturated rings. The number of nitroso groups, excluding NO2 is 1. The van der Waals surface area contributed by atoms with Crippen molar-refractivity contribution in [3.63, 3.8) is 0 Å². The van der Waals surface area contributed by atoms with Crippen molar-refractivity contribution in [3.05, 3.63) is 4.91 Å². The second-order valence-electron chi connectivity index (χ2n) is 1.72. The summed E-state index contributed by atoms with van der Waals surface area (Å²) in [6.45, 7) is -0.423. The second kappa shape index (κ2) is 4.60. The molecule has 5 heteroatoms. The summed E-state index contributed by atoms with van der Waals surface area (Å²) in [4.78, 5) is 29.7. The number of ketones is 1. The van der Waals surface area contributed by atoms with Crippen LogP contribution in [0.25, 0.3) is 0 Å². The maximum absolute atomic E-state index is 10.4. The Morgan fingerprint density at radius 2 is 1.90 bits per heavy atom. The fraction of sp³-hybridized carbons (Fsp3) is 0.600. The highest BCUT2D eigenvalue weighted by atomic mass is 16.4. The molecule has 10 heavy (non-hydrogen) atoms. The van der Waals surface area contributed by atoms with Gasteiger partial charge in [-0.25, -0.2) is 0 Å². The third-order valence-corrected chi connectivity index (χ3v) is 0.859. The number of Topliss-reactive ketones (excluding diaryl/α,β-unsaturated/α-hetero) is 1. The van der Waals surface area contributed by atoms with Crippen LogP contribution in [0.5, 0.6) is 0 Å². The Morgan fingerprint density at radius 1 is 1.30 bits per heavy atom. The first-order valence-electron chi connectivity index (χ1n) is 2.69. The zero-order valence-corrected chi connectivity index (χ0v) is 5.24. The lowest BCUT2D eigenvalue weighted by molar-refractivity contribution is -0.138. The van der Waals surface area contributed by atoms with E-state index in [0.29, 0.717) is 0 Å². The molecular weight excluding hydrogens is 138 g/mol. The second-order valence-corrected chi connectivity index (χ2v) is 1.72. The molecule has 0 amide bonds. The van der Waals surface area contributed by atoms with Crippen molar-refractivity contribution in [2.75, 3.05) is 6.54 Å². The van der Waals surface area contributed by atoms with Crippen LogP contribution in [0.4, 0.5) is 0 Å². The Labute approximate surface area is 57.0 Å². The topological polar surface area (TPSA) is 83.8 Å². The van der Waals surface area contributed by atoms with E-state index in [1.54, 1.807) is 0 Å². The number of carbonyl (C=O) groups is 2. The Hall–Kier alpha value is -1.26. The highest BCUT2D eigenvalue weighted by Gasteiger charge is 2.04. The first kappa shape index (κ1) is 8.74. The maximum atomic E-state index is 10.4. The molecular formula is C5H7NO4. The monoisotopic (exact) mass is 145 g/mol. The number of hydrogen-bond acceptors (Lipinski definition) is 4. The van der Waals surface area contributed by atoms with Crippen molar-refractivity contribution in [1.29, 1.82) is 0 Å². The summed E-state index contributed by atoms with van der Waals surface area (Å²) < 4.78 is 0. The predicted molar refractivity (Wildman–Crippen MR) is 32.5 cm³/mol. The first-order valence-corrected chi connectivity index (χ1v) is 2.69. The summed E-state index contributed by atoms with van der Waals surface area (Å²) in [5, 5.41) is 10.4. The quantitative estimate of drug-likeness (QED) is 0.559. The van der Waals surface area contributed by atoms with Crippen LogP contribution in [-0.4, -0.2) is 23.4 Å². The molecule has 0 atom stereocenters. The van der Waals surface area contributed by atoms with Gasteiger partial charge in [-0.1, -0.05) is 5.18 Å². The molecule has 0 aliphatic heterocycles. The molecule has 1 N–H and O–H groups in total. The van der Waals surface area contributed by atoms with Gasteiger partial charge in [0, 0.05) is 6.42 Å². The van der Waals surface area contributed by atoms with Crippen molar-refractivity contribution in [3.8, 4) is 0 Å². The molecule has 56 valence electrons.